The molecule has 20 heavy (non-hydrogen) atoms. The fourth-order valence-electron chi connectivity index (χ4n) is 2.04. The second kappa shape index (κ2) is 4.98. The molecule has 8 nitrogen and oxygen atoms in total. The van der Waals surface area contributed by atoms with Crippen molar-refractivity contribution in [3.05, 3.63) is 11.8 Å². The van der Waals surface area contributed by atoms with Gasteiger partial charge in [0.1, 0.15) is 5.69 Å². The van der Waals surface area contributed by atoms with Gasteiger partial charge in [-0.1, -0.05) is 13.8 Å². The Labute approximate surface area is 117 Å². The van der Waals surface area contributed by atoms with Crippen molar-refractivity contribution in [2.24, 2.45) is 18.1 Å². The molecule has 2 aromatic heterocycles. The molecule has 2 N–H and O–H groups in total. The van der Waals surface area contributed by atoms with E-state index in [2.05, 4.69) is 15.3 Å². The maximum Gasteiger partial charge on any atom is 0.273 e. The van der Waals surface area contributed by atoms with Gasteiger partial charge in [0.25, 0.3) is 15.2 Å². The summed E-state index contributed by atoms with van der Waals surface area (Å²) in [6.45, 7) is 6.27. The smallest absolute Gasteiger partial charge is 0.273 e. The standard InChI is InChI=1S/C11H18N6O2S/c1-7(2)6-17-10(9-5-8(3)15-16(9)4)13-14-11(17)20(12,18)19/h5,7H,6H2,1-4H3,(H2,12,18,19). The van der Waals surface area contributed by atoms with Crippen LogP contribution in [0.25, 0.3) is 11.5 Å². The lowest BCUT2D eigenvalue weighted by atomic mass is 10.2. The summed E-state index contributed by atoms with van der Waals surface area (Å²) in [6.07, 6.45) is 0. The molecule has 0 aliphatic carbocycles. The summed E-state index contributed by atoms with van der Waals surface area (Å²) < 4.78 is 26.4. The molecule has 2 rings (SSSR count). The third-order valence-corrected chi connectivity index (χ3v) is 3.56. The first kappa shape index (κ1) is 14.7. The molecule has 0 radical (unpaired) electrons. The normalized spacial score (nSPS) is 12.3. The number of aromatic nitrogens is 5. The third-order valence-electron chi connectivity index (χ3n) is 2.75. The predicted octanol–water partition coefficient (Wildman–Crippen LogP) is 0.290. The number of rotatable bonds is 4. The van der Waals surface area contributed by atoms with E-state index in [0.29, 0.717) is 18.1 Å². The van der Waals surface area contributed by atoms with Gasteiger partial charge in [-0.15, -0.1) is 10.2 Å². The Morgan fingerprint density at radius 2 is 2.00 bits per heavy atom. The van der Waals surface area contributed by atoms with E-state index in [1.807, 2.05) is 26.8 Å². The van der Waals surface area contributed by atoms with Crippen LogP contribution >= 0.6 is 0 Å². The van der Waals surface area contributed by atoms with E-state index >= 15 is 0 Å². The zero-order valence-corrected chi connectivity index (χ0v) is 12.7. The molecule has 9 heteroatoms. The van der Waals surface area contributed by atoms with Crippen LogP contribution in [0.3, 0.4) is 0 Å². The second-order valence-corrected chi connectivity index (χ2v) is 6.61. The van der Waals surface area contributed by atoms with Crippen LogP contribution in [0, 0.1) is 12.8 Å². The SMILES string of the molecule is Cc1cc(-c2nnc(S(N)(=O)=O)n2CC(C)C)n(C)n1. The molecule has 0 amide bonds. The molecule has 2 aromatic rings. The molecule has 0 aliphatic rings. The number of hydrogen-bond acceptors (Lipinski definition) is 5. The Morgan fingerprint density at radius 3 is 2.45 bits per heavy atom. The molecule has 0 aliphatic heterocycles. The zero-order chi connectivity index (χ0) is 15.1. The van der Waals surface area contributed by atoms with Crippen molar-refractivity contribution >= 4 is 10.0 Å². The number of primary sulfonamides is 1. The van der Waals surface area contributed by atoms with Gasteiger partial charge in [0, 0.05) is 13.6 Å². The minimum Gasteiger partial charge on any atom is -0.295 e. The van der Waals surface area contributed by atoms with Crippen molar-refractivity contribution < 1.29 is 8.42 Å². The third kappa shape index (κ3) is 2.73. The molecule has 2 heterocycles. The zero-order valence-electron chi connectivity index (χ0n) is 11.9. The Hall–Kier alpha value is -1.74. The molecule has 0 atom stereocenters. The molecule has 0 saturated heterocycles. The van der Waals surface area contributed by atoms with Gasteiger partial charge in [0.15, 0.2) is 5.82 Å². The monoisotopic (exact) mass is 298 g/mol. The van der Waals surface area contributed by atoms with E-state index in [0.717, 1.165) is 5.69 Å². The van der Waals surface area contributed by atoms with Crippen molar-refractivity contribution in [3.8, 4) is 11.5 Å². The number of sulfonamides is 1. The second-order valence-electron chi connectivity index (χ2n) is 5.15. The summed E-state index contributed by atoms with van der Waals surface area (Å²) in [6, 6.07) is 1.83. The number of nitrogens with two attached hydrogens (primary N) is 1. The first-order valence-corrected chi connectivity index (χ1v) is 7.71. The van der Waals surface area contributed by atoms with Gasteiger partial charge in [-0.2, -0.15) is 5.10 Å². The molecule has 0 bridgehead atoms. The van der Waals surface area contributed by atoms with Gasteiger partial charge in [-0.3, -0.25) is 9.25 Å². The Balaban J connectivity index is 2.65. The average molecular weight is 298 g/mol. The molecule has 110 valence electrons. The molecule has 0 fully saturated rings. The Morgan fingerprint density at radius 1 is 1.35 bits per heavy atom. The van der Waals surface area contributed by atoms with Gasteiger partial charge >= 0.3 is 0 Å². The first-order valence-electron chi connectivity index (χ1n) is 6.17. The summed E-state index contributed by atoms with van der Waals surface area (Å²) in [4.78, 5) is 0. The Bertz CT molecular complexity index is 728. The minimum absolute atomic E-state index is 0.222. The van der Waals surface area contributed by atoms with Gasteiger partial charge in [0.2, 0.25) is 0 Å². The molecule has 0 saturated carbocycles. The van der Waals surface area contributed by atoms with E-state index in [-0.39, 0.29) is 11.1 Å². The van der Waals surface area contributed by atoms with Crippen molar-refractivity contribution in [2.75, 3.05) is 0 Å². The lowest BCUT2D eigenvalue weighted by Crippen LogP contribution is -2.20. The van der Waals surface area contributed by atoms with Crippen LogP contribution < -0.4 is 5.14 Å². The first-order chi connectivity index (χ1) is 9.20. The van der Waals surface area contributed by atoms with Crippen molar-refractivity contribution in [2.45, 2.75) is 32.5 Å². The van der Waals surface area contributed by atoms with Crippen LogP contribution in [-0.2, 0) is 23.6 Å². The summed E-state index contributed by atoms with van der Waals surface area (Å²) >= 11 is 0. The lowest BCUT2D eigenvalue weighted by Gasteiger charge is -2.11. The average Bonchev–Trinajstić information content (AvgIpc) is 2.80. The topological polar surface area (TPSA) is 109 Å². The molecule has 0 aromatic carbocycles. The van der Waals surface area contributed by atoms with E-state index in [1.165, 1.54) is 4.57 Å². The van der Waals surface area contributed by atoms with Crippen LogP contribution in [0.4, 0.5) is 0 Å². The van der Waals surface area contributed by atoms with Crippen LogP contribution in [0.2, 0.25) is 0 Å². The van der Waals surface area contributed by atoms with Crippen molar-refractivity contribution in [3.63, 3.8) is 0 Å². The highest BCUT2D eigenvalue weighted by Crippen LogP contribution is 2.21. The van der Waals surface area contributed by atoms with Crippen LogP contribution in [-0.4, -0.2) is 33.0 Å². The lowest BCUT2D eigenvalue weighted by molar-refractivity contribution is 0.485. The highest BCUT2D eigenvalue weighted by molar-refractivity contribution is 7.89. The summed E-state index contributed by atoms with van der Waals surface area (Å²) in [7, 11) is -2.14. The maximum absolute atomic E-state index is 11.6. The van der Waals surface area contributed by atoms with Crippen LogP contribution in [0.15, 0.2) is 11.2 Å². The molecule has 0 spiro atoms. The Kier molecular flexibility index (Phi) is 3.65. The van der Waals surface area contributed by atoms with Gasteiger partial charge in [0.05, 0.1) is 5.69 Å². The number of aryl methyl sites for hydroxylation is 2. The predicted molar refractivity (Wildman–Crippen MR) is 73.2 cm³/mol. The van der Waals surface area contributed by atoms with Crippen molar-refractivity contribution in [1.82, 2.24) is 24.5 Å². The van der Waals surface area contributed by atoms with Gasteiger partial charge < -0.3 is 0 Å². The molecular formula is C11H18N6O2S. The van der Waals surface area contributed by atoms with Gasteiger partial charge in [-0.25, -0.2) is 13.6 Å². The van der Waals surface area contributed by atoms with Gasteiger partial charge in [-0.05, 0) is 18.9 Å². The molecular weight excluding hydrogens is 280 g/mol. The van der Waals surface area contributed by atoms with Crippen LogP contribution in [0.5, 0.6) is 0 Å². The summed E-state index contributed by atoms with van der Waals surface area (Å²) in [5, 5.41) is 16.9. The summed E-state index contributed by atoms with van der Waals surface area (Å²) in [5.41, 5.74) is 1.52. The highest BCUT2D eigenvalue weighted by Gasteiger charge is 2.24. The number of hydrogen-bond donors (Lipinski definition) is 1. The minimum atomic E-state index is -3.91. The highest BCUT2D eigenvalue weighted by atomic mass is 32.2. The summed E-state index contributed by atoms with van der Waals surface area (Å²) in [5.74, 6) is 0.672. The molecule has 0 unspecified atom stereocenters. The van der Waals surface area contributed by atoms with E-state index in [9.17, 15) is 8.42 Å². The largest absolute Gasteiger partial charge is 0.295 e. The van der Waals surface area contributed by atoms with Crippen molar-refractivity contribution in [1.29, 1.82) is 0 Å². The maximum atomic E-state index is 11.6. The number of nitrogens with zero attached hydrogens (tertiary/aromatic N) is 5. The van der Waals surface area contributed by atoms with E-state index in [4.69, 9.17) is 5.14 Å². The van der Waals surface area contributed by atoms with E-state index in [1.54, 1.807) is 11.7 Å². The van der Waals surface area contributed by atoms with Crippen LogP contribution in [0.1, 0.15) is 19.5 Å². The quantitative estimate of drug-likeness (QED) is 0.872. The van der Waals surface area contributed by atoms with E-state index < -0.39 is 10.0 Å². The fraction of sp³-hybridized carbons (Fsp3) is 0.545. The fourth-order valence-corrected chi connectivity index (χ4v) is 2.66.